The number of nitrogens with zero attached hydrogens (tertiary/aromatic N) is 2. The van der Waals surface area contributed by atoms with Gasteiger partial charge in [-0.05, 0) is 42.7 Å². The minimum absolute atomic E-state index is 0.853. The quantitative estimate of drug-likeness (QED) is 0.140. The first-order valence-electron chi connectivity index (χ1n) is 16.1. The van der Waals surface area contributed by atoms with E-state index in [-0.39, 0.29) is 0 Å². The predicted molar refractivity (Wildman–Crippen MR) is 163 cm³/mol. The molecule has 2 aromatic rings. The normalized spacial score (nSPS) is 11.5. The van der Waals surface area contributed by atoms with E-state index in [4.69, 9.17) is 0 Å². The summed E-state index contributed by atoms with van der Waals surface area (Å²) in [6, 6.07) is 8.93. The van der Waals surface area contributed by atoms with Gasteiger partial charge in [0, 0.05) is 18.0 Å². The van der Waals surface area contributed by atoms with Gasteiger partial charge in [-0.1, -0.05) is 154 Å². The summed E-state index contributed by atoms with van der Waals surface area (Å²) in [7, 11) is 0. The maximum absolute atomic E-state index is 4.66. The van der Waals surface area contributed by atoms with E-state index in [1.54, 1.807) is 0 Å². The second-order valence-corrected chi connectivity index (χ2v) is 11.8. The Morgan fingerprint density at radius 2 is 0.946 bits per heavy atom. The molecule has 0 aliphatic carbocycles. The van der Waals surface area contributed by atoms with E-state index in [1.807, 2.05) is 12.4 Å². The number of unbranched alkanes of at least 4 members (excludes halogenated alkanes) is 16. The third-order valence-corrected chi connectivity index (χ3v) is 7.73. The third kappa shape index (κ3) is 16.0. The van der Waals surface area contributed by atoms with Crippen LogP contribution in [0.1, 0.15) is 154 Å². The van der Waals surface area contributed by atoms with Crippen molar-refractivity contribution in [3.8, 4) is 11.4 Å². The number of aromatic nitrogens is 2. The van der Waals surface area contributed by atoms with Crippen molar-refractivity contribution in [1.82, 2.24) is 9.97 Å². The standard InChI is InChI=1S/C35H58N2/c1-4-5-6-7-8-9-10-11-14-18-21-24-33-29-36-35(37-30-33)34-27-25-32(26-28-34)23-20-17-15-12-13-16-19-22-31(2)3/h25-31H,4-24H2,1-3H3. The third-order valence-electron chi connectivity index (χ3n) is 7.73. The minimum atomic E-state index is 0.853. The van der Waals surface area contributed by atoms with Gasteiger partial charge in [-0.2, -0.15) is 0 Å². The summed E-state index contributed by atoms with van der Waals surface area (Å²) >= 11 is 0. The van der Waals surface area contributed by atoms with Gasteiger partial charge in [0.15, 0.2) is 5.82 Å². The van der Waals surface area contributed by atoms with E-state index in [0.29, 0.717) is 0 Å². The lowest BCUT2D eigenvalue weighted by atomic mass is 10.0. The Labute approximate surface area is 230 Å². The molecule has 2 nitrogen and oxygen atoms in total. The molecule has 0 spiro atoms. The highest BCUT2D eigenvalue weighted by molar-refractivity contribution is 5.55. The van der Waals surface area contributed by atoms with E-state index < -0.39 is 0 Å². The second kappa shape index (κ2) is 21.3. The molecule has 37 heavy (non-hydrogen) atoms. The summed E-state index contributed by atoms with van der Waals surface area (Å²) in [5, 5.41) is 0. The molecule has 0 fully saturated rings. The van der Waals surface area contributed by atoms with E-state index in [0.717, 1.165) is 23.7 Å². The summed E-state index contributed by atoms with van der Waals surface area (Å²) in [6.45, 7) is 6.95. The molecule has 208 valence electrons. The summed E-state index contributed by atoms with van der Waals surface area (Å²) in [5.41, 5.74) is 3.84. The van der Waals surface area contributed by atoms with Crippen molar-refractivity contribution >= 4 is 0 Å². The molecule has 0 radical (unpaired) electrons. The van der Waals surface area contributed by atoms with Crippen LogP contribution >= 0.6 is 0 Å². The van der Waals surface area contributed by atoms with Gasteiger partial charge in [-0.15, -0.1) is 0 Å². The number of rotatable bonds is 23. The number of hydrogen-bond acceptors (Lipinski definition) is 2. The first kappa shape index (κ1) is 31.5. The lowest BCUT2D eigenvalue weighted by Crippen LogP contribution is -1.94. The number of aryl methyl sites for hydroxylation is 2. The summed E-state index contributed by atoms with van der Waals surface area (Å²) in [4.78, 5) is 9.33. The fourth-order valence-corrected chi connectivity index (χ4v) is 5.21. The minimum Gasteiger partial charge on any atom is -0.236 e. The molecule has 0 saturated heterocycles. The van der Waals surface area contributed by atoms with Crippen LogP contribution in [0.5, 0.6) is 0 Å². The molecule has 0 bridgehead atoms. The van der Waals surface area contributed by atoms with Crippen LogP contribution in [0.25, 0.3) is 11.4 Å². The first-order chi connectivity index (χ1) is 18.2. The van der Waals surface area contributed by atoms with Crippen molar-refractivity contribution in [1.29, 1.82) is 0 Å². The van der Waals surface area contributed by atoms with Gasteiger partial charge < -0.3 is 0 Å². The van der Waals surface area contributed by atoms with Crippen LogP contribution in [-0.2, 0) is 12.8 Å². The first-order valence-corrected chi connectivity index (χ1v) is 16.1. The summed E-state index contributed by atoms with van der Waals surface area (Å²) in [6.07, 6.45) is 32.7. The lowest BCUT2D eigenvalue weighted by Gasteiger charge is -2.06. The van der Waals surface area contributed by atoms with E-state index in [1.165, 1.54) is 140 Å². The Hall–Kier alpha value is -1.70. The Kier molecular flexibility index (Phi) is 18.1. The molecule has 0 unspecified atom stereocenters. The highest BCUT2D eigenvalue weighted by atomic mass is 14.9. The number of hydrogen-bond donors (Lipinski definition) is 0. The fraction of sp³-hybridized carbons (Fsp3) is 0.714. The van der Waals surface area contributed by atoms with Gasteiger partial charge in [0.25, 0.3) is 0 Å². The molecule has 0 saturated carbocycles. The van der Waals surface area contributed by atoms with Gasteiger partial charge in [-0.25, -0.2) is 9.97 Å². The van der Waals surface area contributed by atoms with Crippen molar-refractivity contribution < 1.29 is 0 Å². The zero-order valence-electron chi connectivity index (χ0n) is 24.8. The highest BCUT2D eigenvalue weighted by Gasteiger charge is 2.03. The molecule has 0 aliphatic heterocycles. The van der Waals surface area contributed by atoms with Gasteiger partial charge >= 0.3 is 0 Å². The molecule has 1 aromatic carbocycles. The fourth-order valence-electron chi connectivity index (χ4n) is 5.21. The van der Waals surface area contributed by atoms with Crippen LogP contribution in [0.4, 0.5) is 0 Å². The van der Waals surface area contributed by atoms with Gasteiger partial charge in [0.05, 0.1) is 0 Å². The van der Waals surface area contributed by atoms with Crippen LogP contribution in [0.2, 0.25) is 0 Å². The average Bonchev–Trinajstić information content (AvgIpc) is 2.91. The molecule has 1 aromatic heterocycles. The van der Waals surface area contributed by atoms with Crippen LogP contribution in [-0.4, -0.2) is 9.97 Å². The van der Waals surface area contributed by atoms with Crippen molar-refractivity contribution in [2.24, 2.45) is 5.92 Å². The van der Waals surface area contributed by atoms with Crippen LogP contribution in [0.3, 0.4) is 0 Å². The zero-order chi connectivity index (χ0) is 26.4. The van der Waals surface area contributed by atoms with Crippen molar-refractivity contribution in [3.63, 3.8) is 0 Å². The maximum atomic E-state index is 4.66. The predicted octanol–water partition coefficient (Wildman–Crippen LogP) is 11.3. The zero-order valence-corrected chi connectivity index (χ0v) is 24.8. The second-order valence-electron chi connectivity index (χ2n) is 11.8. The Balaban J connectivity index is 1.52. The maximum Gasteiger partial charge on any atom is 0.159 e. The Morgan fingerprint density at radius 1 is 0.514 bits per heavy atom. The topological polar surface area (TPSA) is 25.8 Å². The molecule has 2 rings (SSSR count). The molecule has 0 atom stereocenters. The van der Waals surface area contributed by atoms with Gasteiger partial charge in [-0.3, -0.25) is 0 Å². The van der Waals surface area contributed by atoms with Crippen molar-refractivity contribution in [2.45, 2.75) is 156 Å². The van der Waals surface area contributed by atoms with Crippen LogP contribution in [0, 0.1) is 5.92 Å². The monoisotopic (exact) mass is 506 g/mol. The smallest absolute Gasteiger partial charge is 0.159 e. The number of benzene rings is 1. The van der Waals surface area contributed by atoms with Crippen molar-refractivity contribution in [3.05, 3.63) is 47.8 Å². The Morgan fingerprint density at radius 3 is 1.43 bits per heavy atom. The average molecular weight is 507 g/mol. The molecule has 0 amide bonds. The van der Waals surface area contributed by atoms with Gasteiger partial charge in [0.2, 0.25) is 0 Å². The van der Waals surface area contributed by atoms with E-state index >= 15 is 0 Å². The van der Waals surface area contributed by atoms with Gasteiger partial charge in [0.1, 0.15) is 0 Å². The lowest BCUT2D eigenvalue weighted by molar-refractivity contribution is 0.509. The molecule has 0 N–H and O–H groups in total. The van der Waals surface area contributed by atoms with E-state index in [9.17, 15) is 0 Å². The van der Waals surface area contributed by atoms with Crippen LogP contribution in [0.15, 0.2) is 36.7 Å². The molecule has 2 heteroatoms. The largest absolute Gasteiger partial charge is 0.236 e. The van der Waals surface area contributed by atoms with Crippen molar-refractivity contribution in [2.75, 3.05) is 0 Å². The van der Waals surface area contributed by atoms with Crippen LogP contribution < -0.4 is 0 Å². The molecular formula is C35H58N2. The highest BCUT2D eigenvalue weighted by Crippen LogP contribution is 2.19. The molecule has 0 aliphatic rings. The summed E-state index contributed by atoms with van der Waals surface area (Å²) in [5.74, 6) is 1.72. The molecular weight excluding hydrogens is 448 g/mol. The molecule has 1 heterocycles. The van der Waals surface area contributed by atoms with E-state index in [2.05, 4.69) is 55.0 Å². The SMILES string of the molecule is CCCCCCCCCCCCCc1cnc(-c2ccc(CCCCCCCCCC(C)C)cc2)nc1. The summed E-state index contributed by atoms with van der Waals surface area (Å²) < 4.78 is 0. The Bertz CT molecular complexity index is 763.